The van der Waals surface area contributed by atoms with Crippen molar-refractivity contribution in [2.75, 3.05) is 64.4 Å². The van der Waals surface area contributed by atoms with Crippen LogP contribution in [0.25, 0.3) is 0 Å². The smallest absolute Gasteiger partial charge is 0.416 e. The molecule has 2 fully saturated rings. The highest BCUT2D eigenvalue weighted by molar-refractivity contribution is 5.75. The van der Waals surface area contributed by atoms with E-state index in [0.717, 1.165) is 69.4 Å². The van der Waals surface area contributed by atoms with Crippen LogP contribution in [0, 0.1) is 11.8 Å². The second-order valence-corrected chi connectivity index (χ2v) is 11.8. The number of alkyl halides is 3. The molecule has 2 atom stereocenters. The Labute approximate surface area is 242 Å². The molecule has 0 unspecified atom stereocenters. The van der Waals surface area contributed by atoms with Crippen LogP contribution in [0.5, 0.6) is 5.75 Å². The molecular formula is C32H45F3N4O2. The Morgan fingerprint density at radius 2 is 1.78 bits per heavy atom. The molecule has 4 rings (SSSR count). The third kappa shape index (κ3) is 9.10. The number of nitrogens with zero attached hydrogens (tertiary/aromatic N) is 3. The van der Waals surface area contributed by atoms with Gasteiger partial charge in [-0.05, 0) is 73.5 Å². The lowest BCUT2D eigenvalue weighted by Crippen LogP contribution is -2.57. The van der Waals surface area contributed by atoms with Gasteiger partial charge in [0.1, 0.15) is 5.75 Å². The molecule has 41 heavy (non-hydrogen) atoms. The number of amides is 1. The maximum Gasteiger partial charge on any atom is 0.416 e. The fourth-order valence-electron chi connectivity index (χ4n) is 6.28. The van der Waals surface area contributed by atoms with Crippen molar-refractivity contribution in [2.24, 2.45) is 11.8 Å². The lowest BCUT2D eigenvalue weighted by molar-refractivity contribution is -0.137. The zero-order chi connectivity index (χ0) is 29.4. The summed E-state index contributed by atoms with van der Waals surface area (Å²) in [6, 6.07) is 13.9. The monoisotopic (exact) mass is 574 g/mol. The summed E-state index contributed by atoms with van der Waals surface area (Å²) in [6.45, 7) is 11.2. The molecule has 0 saturated carbocycles. The molecule has 2 aromatic carbocycles. The number of benzene rings is 2. The highest BCUT2D eigenvalue weighted by Crippen LogP contribution is 2.33. The van der Waals surface area contributed by atoms with Gasteiger partial charge >= 0.3 is 6.18 Å². The topological polar surface area (TPSA) is 48.1 Å². The Morgan fingerprint density at radius 1 is 1.05 bits per heavy atom. The van der Waals surface area contributed by atoms with E-state index in [0.29, 0.717) is 49.6 Å². The molecule has 1 amide bonds. The number of nitrogens with one attached hydrogen (secondary N) is 1. The Balaban J connectivity index is 1.30. The molecule has 9 heteroatoms. The molecule has 0 aliphatic carbocycles. The quantitative estimate of drug-likeness (QED) is 0.394. The summed E-state index contributed by atoms with van der Waals surface area (Å²) in [6.07, 6.45) is -1.16. The first-order valence-electron chi connectivity index (χ1n) is 14.9. The Morgan fingerprint density at radius 3 is 2.44 bits per heavy atom. The number of piperidine rings is 1. The van der Waals surface area contributed by atoms with E-state index in [2.05, 4.69) is 33.9 Å². The summed E-state index contributed by atoms with van der Waals surface area (Å²) < 4.78 is 44.9. The number of anilines is 1. The summed E-state index contributed by atoms with van der Waals surface area (Å²) in [5.41, 5.74) is 1.19. The van der Waals surface area contributed by atoms with E-state index >= 15 is 0 Å². The van der Waals surface area contributed by atoms with E-state index in [1.165, 1.54) is 12.1 Å². The molecule has 6 nitrogen and oxygen atoms in total. The highest BCUT2D eigenvalue weighted by atomic mass is 19.4. The molecule has 2 aromatic rings. The number of hydrogen-bond acceptors (Lipinski definition) is 5. The Hall–Kier alpha value is -2.78. The number of piperazine rings is 1. The molecule has 1 N–H and O–H groups in total. The molecule has 226 valence electrons. The van der Waals surface area contributed by atoms with Gasteiger partial charge in [0, 0.05) is 64.0 Å². The van der Waals surface area contributed by atoms with Gasteiger partial charge in [-0.1, -0.05) is 32.0 Å². The van der Waals surface area contributed by atoms with Crippen LogP contribution in [0.1, 0.15) is 44.2 Å². The zero-order valence-electron chi connectivity index (χ0n) is 24.6. The summed E-state index contributed by atoms with van der Waals surface area (Å²) in [7, 11) is 1.65. The van der Waals surface area contributed by atoms with Gasteiger partial charge in [-0.25, -0.2) is 0 Å². The van der Waals surface area contributed by atoms with Crippen molar-refractivity contribution in [1.29, 1.82) is 0 Å². The number of carbonyl (C=O) groups excluding carboxylic acids is 1. The van der Waals surface area contributed by atoms with Crippen molar-refractivity contribution in [3.8, 4) is 5.75 Å². The average Bonchev–Trinajstić information content (AvgIpc) is 2.96. The number of ether oxygens (including phenoxy) is 1. The SMILES string of the molecule is COc1ccc(CCNC(=O)CC[C@H]2CN(CC(C)C)CC[C@H]2N2CCN(c3cccc(C(F)(F)F)c3)CC2)cc1. The minimum Gasteiger partial charge on any atom is -0.497 e. The lowest BCUT2D eigenvalue weighted by Gasteiger charge is -2.47. The van der Waals surface area contributed by atoms with Crippen LogP contribution in [0.2, 0.25) is 0 Å². The number of likely N-dealkylation sites (tertiary alicyclic amines) is 1. The van der Waals surface area contributed by atoms with Gasteiger partial charge in [0.2, 0.25) is 5.91 Å². The summed E-state index contributed by atoms with van der Waals surface area (Å²) in [5.74, 6) is 1.88. The zero-order valence-corrected chi connectivity index (χ0v) is 24.6. The number of carbonyl (C=O) groups is 1. The second kappa shape index (κ2) is 14.4. The minimum absolute atomic E-state index is 0.0904. The second-order valence-electron chi connectivity index (χ2n) is 11.8. The third-order valence-electron chi connectivity index (χ3n) is 8.36. The molecule has 0 spiro atoms. The largest absolute Gasteiger partial charge is 0.497 e. The van der Waals surface area contributed by atoms with Crippen LogP contribution in [0.3, 0.4) is 0 Å². The summed E-state index contributed by atoms with van der Waals surface area (Å²) in [5, 5.41) is 3.09. The normalized spacial score (nSPS) is 20.8. The van der Waals surface area contributed by atoms with Crippen molar-refractivity contribution in [3.05, 3.63) is 59.7 Å². The predicted molar refractivity (Wildman–Crippen MR) is 157 cm³/mol. The van der Waals surface area contributed by atoms with Crippen LogP contribution in [0.15, 0.2) is 48.5 Å². The standard InChI is InChI=1S/C32H45F3N4O2/c1-24(2)22-37-16-14-30(39-19-17-38(18-20-39)28-6-4-5-27(21-28)32(33,34)35)26(23-37)9-12-31(40)36-15-13-25-7-10-29(41-3)11-8-25/h4-8,10-11,21,24,26,30H,9,12-20,22-23H2,1-3H3,(H,36,40)/t26-,30+/m0/s1. The van der Waals surface area contributed by atoms with E-state index < -0.39 is 11.7 Å². The van der Waals surface area contributed by atoms with Crippen molar-refractivity contribution >= 4 is 11.6 Å². The Kier molecular flexibility index (Phi) is 10.9. The first-order chi connectivity index (χ1) is 19.6. The van der Waals surface area contributed by atoms with Crippen molar-refractivity contribution < 1.29 is 22.7 Å². The number of hydrogen-bond donors (Lipinski definition) is 1. The van der Waals surface area contributed by atoms with Gasteiger partial charge in [-0.15, -0.1) is 0 Å². The maximum absolute atomic E-state index is 13.2. The van der Waals surface area contributed by atoms with Gasteiger partial charge in [-0.3, -0.25) is 9.69 Å². The maximum atomic E-state index is 13.2. The minimum atomic E-state index is -4.34. The molecule has 0 aromatic heterocycles. The lowest BCUT2D eigenvalue weighted by atomic mass is 9.86. The summed E-state index contributed by atoms with van der Waals surface area (Å²) >= 11 is 0. The molecule has 0 bridgehead atoms. The average molecular weight is 575 g/mol. The highest BCUT2D eigenvalue weighted by Gasteiger charge is 2.35. The molecule has 2 saturated heterocycles. The third-order valence-corrected chi connectivity index (χ3v) is 8.36. The van der Waals surface area contributed by atoms with E-state index in [-0.39, 0.29) is 5.91 Å². The van der Waals surface area contributed by atoms with Gasteiger partial charge in [0.15, 0.2) is 0 Å². The van der Waals surface area contributed by atoms with Crippen LogP contribution in [0.4, 0.5) is 18.9 Å². The number of rotatable bonds is 11. The van der Waals surface area contributed by atoms with Crippen LogP contribution < -0.4 is 15.0 Å². The molecule has 2 aliphatic heterocycles. The first-order valence-corrected chi connectivity index (χ1v) is 14.9. The Bertz CT molecular complexity index is 1100. The van der Waals surface area contributed by atoms with Crippen molar-refractivity contribution in [3.63, 3.8) is 0 Å². The molecule has 0 radical (unpaired) electrons. The number of methoxy groups -OCH3 is 1. The number of halogens is 3. The molecule has 2 aliphatic rings. The van der Waals surface area contributed by atoms with E-state index in [9.17, 15) is 18.0 Å². The van der Waals surface area contributed by atoms with E-state index in [1.54, 1.807) is 13.2 Å². The van der Waals surface area contributed by atoms with Crippen LogP contribution in [-0.2, 0) is 17.4 Å². The van der Waals surface area contributed by atoms with Crippen LogP contribution >= 0.6 is 0 Å². The van der Waals surface area contributed by atoms with E-state index in [1.807, 2.05) is 24.3 Å². The van der Waals surface area contributed by atoms with Crippen molar-refractivity contribution in [2.45, 2.75) is 51.7 Å². The van der Waals surface area contributed by atoms with Gasteiger partial charge in [-0.2, -0.15) is 13.2 Å². The fraction of sp³-hybridized carbons (Fsp3) is 0.594. The predicted octanol–water partition coefficient (Wildman–Crippen LogP) is 5.32. The van der Waals surface area contributed by atoms with Crippen LogP contribution in [-0.4, -0.2) is 81.2 Å². The van der Waals surface area contributed by atoms with Crippen molar-refractivity contribution in [1.82, 2.24) is 15.1 Å². The molecule has 2 heterocycles. The van der Waals surface area contributed by atoms with Gasteiger partial charge in [0.25, 0.3) is 0 Å². The summed E-state index contributed by atoms with van der Waals surface area (Å²) in [4.78, 5) is 19.9. The molecular weight excluding hydrogens is 529 g/mol. The van der Waals surface area contributed by atoms with Gasteiger partial charge < -0.3 is 19.9 Å². The first kappa shape index (κ1) is 31.2. The fourth-order valence-corrected chi connectivity index (χ4v) is 6.28. The van der Waals surface area contributed by atoms with E-state index in [4.69, 9.17) is 4.74 Å². The van der Waals surface area contributed by atoms with Gasteiger partial charge in [0.05, 0.1) is 12.7 Å².